The molecule has 0 saturated carbocycles. The Morgan fingerprint density at radius 1 is 1.29 bits per heavy atom. The highest BCUT2D eigenvalue weighted by Crippen LogP contribution is 2.35. The molecule has 0 heterocycles. The molecule has 1 unspecified atom stereocenters. The molecule has 0 saturated heterocycles. The van der Waals surface area contributed by atoms with Gasteiger partial charge in [-0.25, -0.2) is 4.39 Å². The van der Waals surface area contributed by atoms with E-state index in [1.807, 2.05) is 38.2 Å². The average Bonchev–Trinajstić information content (AvgIpc) is 2.46. The van der Waals surface area contributed by atoms with Crippen LogP contribution in [-0.4, -0.2) is 14.2 Å². The predicted molar refractivity (Wildman–Crippen MR) is 85.6 cm³/mol. The zero-order valence-corrected chi connectivity index (χ0v) is 13.0. The number of methoxy groups -OCH3 is 1. The lowest BCUT2D eigenvalue weighted by Crippen LogP contribution is -2.23. The van der Waals surface area contributed by atoms with Gasteiger partial charge in [-0.2, -0.15) is 0 Å². The topological polar surface area (TPSA) is 38.5 Å². The predicted octanol–water partition coefficient (Wildman–Crippen LogP) is 4.27. The van der Waals surface area contributed by atoms with Crippen molar-refractivity contribution in [1.29, 1.82) is 0 Å². The first kappa shape index (κ1) is 15.4. The van der Waals surface area contributed by atoms with Gasteiger partial charge >= 0.3 is 0 Å². The van der Waals surface area contributed by atoms with Crippen molar-refractivity contribution in [3.05, 3.63) is 52.8 Å². The van der Waals surface area contributed by atoms with Gasteiger partial charge in [0.1, 0.15) is 11.6 Å². The fourth-order valence-electron chi connectivity index (χ4n) is 2.24. The molecule has 5 heteroatoms. The second-order valence-corrected chi connectivity index (χ2v) is 5.26. The molecule has 0 bridgehead atoms. The van der Waals surface area contributed by atoms with Gasteiger partial charge in [0.15, 0.2) is 0 Å². The zero-order valence-electron chi connectivity index (χ0n) is 12.2. The summed E-state index contributed by atoms with van der Waals surface area (Å²) in [7, 11) is 3.31. The zero-order chi connectivity index (χ0) is 15.6. The Balaban J connectivity index is 2.40. The normalized spacial score (nSPS) is 12.0. The average molecular weight is 309 g/mol. The summed E-state index contributed by atoms with van der Waals surface area (Å²) in [5, 5.41) is 0.652. The third-order valence-electron chi connectivity index (χ3n) is 3.62. The molecular weight excluding hydrogens is 291 g/mol. The maximum Gasteiger partial charge on any atom is 0.148 e. The van der Waals surface area contributed by atoms with Crippen LogP contribution >= 0.6 is 11.6 Å². The van der Waals surface area contributed by atoms with Gasteiger partial charge in [-0.15, -0.1) is 0 Å². The van der Waals surface area contributed by atoms with Crippen LogP contribution in [0.5, 0.6) is 5.75 Å². The highest BCUT2D eigenvalue weighted by Gasteiger charge is 2.19. The molecule has 2 aromatic rings. The van der Waals surface area contributed by atoms with Crippen LogP contribution in [0.4, 0.5) is 15.8 Å². The monoisotopic (exact) mass is 308 g/mol. The van der Waals surface area contributed by atoms with Crippen LogP contribution in [0.15, 0.2) is 36.4 Å². The van der Waals surface area contributed by atoms with E-state index in [9.17, 15) is 4.39 Å². The molecule has 0 aromatic heterocycles. The number of halogens is 2. The van der Waals surface area contributed by atoms with Crippen LogP contribution in [0, 0.1) is 5.82 Å². The third kappa shape index (κ3) is 3.05. The fourth-order valence-corrected chi connectivity index (χ4v) is 2.53. The Bertz CT molecular complexity index is 648. The van der Waals surface area contributed by atoms with Crippen molar-refractivity contribution in [1.82, 2.24) is 0 Å². The van der Waals surface area contributed by atoms with Gasteiger partial charge in [0.05, 0.1) is 24.5 Å². The van der Waals surface area contributed by atoms with Crippen molar-refractivity contribution < 1.29 is 9.13 Å². The summed E-state index contributed by atoms with van der Waals surface area (Å²) in [6.45, 7) is 1.96. The molecular formula is C16H18ClFN2O. The summed E-state index contributed by atoms with van der Waals surface area (Å²) in [6.07, 6.45) is 0. The Hall–Kier alpha value is -1.94. The van der Waals surface area contributed by atoms with Gasteiger partial charge in [0.25, 0.3) is 0 Å². The van der Waals surface area contributed by atoms with Gasteiger partial charge in [0.2, 0.25) is 0 Å². The maximum atomic E-state index is 14.2. The van der Waals surface area contributed by atoms with Gasteiger partial charge in [-0.05, 0) is 18.6 Å². The molecule has 3 nitrogen and oxygen atoms in total. The number of hydrogen-bond donors (Lipinski definition) is 1. The molecule has 0 aliphatic rings. The van der Waals surface area contributed by atoms with Crippen LogP contribution in [0.25, 0.3) is 0 Å². The number of anilines is 2. The van der Waals surface area contributed by atoms with E-state index in [1.165, 1.54) is 13.2 Å². The Labute approximate surface area is 129 Å². The van der Waals surface area contributed by atoms with Crippen molar-refractivity contribution in [2.75, 3.05) is 24.8 Å². The van der Waals surface area contributed by atoms with Crippen LogP contribution in [0.1, 0.15) is 18.5 Å². The summed E-state index contributed by atoms with van der Waals surface area (Å²) in [5.41, 5.74) is 7.32. The first-order valence-corrected chi connectivity index (χ1v) is 6.93. The minimum Gasteiger partial charge on any atom is -0.495 e. The maximum absolute atomic E-state index is 14.2. The van der Waals surface area contributed by atoms with Crippen molar-refractivity contribution >= 4 is 23.0 Å². The molecule has 0 fully saturated rings. The van der Waals surface area contributed by atoms with E-state index < -0.39 is 5.82 Å². The molecule has 0 amide bonds. The first-order valence-electron chi connectivity index (χ1n) is 6.56. The second kappa shape index (κ2) is 6.22. The quantitative estimate of drug-likeness (QED) is 0.857. The fraction of sp³-hybridized carbons (Fsp3) is 0.250. The smallest absolute Gasteiger partial charge is 0.148 e. The second-order valence-electron chi connectivity index (χ2n) is 4.85. The highest BCUT2D eigenvalue weighted by molar-refractivity contribution is 6.31. The number of hydrogen-bond acceptors (Lipinski definition) is 3. The number of benzene rings is 2. The lowest BCUT2D eigenvalue weighted by atomic mass is 10.1. The molecule has 2 rings (SSSR count). The number of nitrogen functional groups attached to an aromatic ring is 1. The summed E-state index contributed by atoms with van der Waals surface area (Å²) in [4.78, 5) is 1.80. The summed E-state index contributed by atoms with van der Waals surface area (Å²) >= 11 is 6.21. The van der Waals surface area contributed by atoms with E-state index >= 15 is 0 Å². The Morgan fingerprint density at radius 3 is 2.57 bits per heavy atom. The van der Waals surface area contributed by atoms with Gasteiger partial charge < -0.3 is 15.4 Å². The standard InChI is InChI=1S/C16H18ClFN2O/c1-10(11-6-4-5-7-12(11)17)20(2)15-9-16(21-3)14(19)8-13(15)18/h4-10H,19H2,1-3H3. The van der Waals surface area contributed by atoms with Crippen molar-refractivity contribution in [2.45, 2.75) is 13.0 Å². The minimum atomic E-state index is -0.394. The van der Waals surface area contributed by atoms with Gasteiger partial charge in [-0.3, -0.25) is 0 Å². The van der Waals surface area contributed by atoms with E-state index in [4.69, 9.17) is 22.1 Å². The number of ether oxygens (including phenoxy) is 1. The van der Waals surface area contributed by atoms with Crippen LogP contribution in [0.3, 0.4) is 0 Å². The van der Waals surface area contributed by atoms with E-state index in [0.717, 1.165) is 5.56 Å². The molecule has 21 heavy (non-hydrogen) atoms. The molecule has 112 valence electrons. The minimum absolute atomic E-state index is 0.0958. The Kier molecular flexibility index (Phi) is 4.58. The summed E-state index contributed by atoms with van der Waals surface area (Å²) in [6, 6.07) is 10.3. The largest absolute Gasteiger partial charge is 0.495 e. The van der Waals surface area contributed by atoms with Crippen molar-refractivity contribution in [3.8, 4) is 5.75 Å². The highest BCUT2D eigenvalue weighted by atomic mass is 35.5. The van der Waals surface area contributed by atoms with Crippen LogP contribution < -0.4 is 15.4 Å². The van der Waals surface area contributed by atoms with Crippen molar-refractivity contribution in [3.63, 3.8) is 0 Å². The van der Waals surface area contributed by atoms with Crippen LogP contribution in [0.2, 0.25) is 5.02 Å². The molecule has 0 spiro atoms. The summed E-state index contributed by atoms with van der Waals surface area (Å²) < 4.78 is 19.3. The molecule has 0 aliphatic carbocycles. The van der Waals surface area contributed by atoms with E-state index in [-0.39, 0.29) is 11.7 Å². The molecule has 2 N–H and O–H groups in total. The first-order chi connectivity index (χ1) is 9.95. The van der Waals surface area contributed by atoms with Gasteiger partial charge in [0, 0.05) is 24.2 Å². The molecule has 0 aliphatic heterocycles. The third-order valence-corrected chi connectivity index (χ3v) is 3.96. The summed E-state index contributed by atoms with van der Waals surface area (Å²) in [5.74, 6) is 0.0549. The molecule has 0 radical (unpaired) electrons. The lowest BCUT2D eigenvalue weighted by Gasteiger charge is -2.29. The van der Waals surface area contributed by atoms with Crippen LogP contribution in [-0.2, 0) is 0 Å². The SMILES string of the molecule is COc1cc(N(C)C(C)c2ccccc2Cl)c(F)cc1N. The van der Waals surface area contributed by atoms with E-state index in [1.54, 1.807) is 11.0 Å². The lowest BCUT2D eigenvalue weighted by molar-refractivity contribution is 0.416. The number of nitrogens with two attached hydrogens (primary N) is 1. The van der Waals surface area contributed by atoms with Gasteiger partial charge in [-0.1, -0.05) is 29.8 Å². The Morgan fingerprint density at radius 2 is 1.95 bits per heavy atom. The van der Waals surface area contributed by atoms with E-state index in [2.05, 4.69) is 0 Å². The molecule has 2 aromatic carbocycles. The van der Waals surface area contributed by atoms with E-state index in [0.29, 0.717) is 16.5 Å². The van der Waals surface area contributed by atoms with Crippen molar-refractivity contribution in [2.24, 2.45) is 0 Å². The molecule has 1 atom stereocenters. The number of nitrogens with zero attached hydrogens (tertiary/aromatic N) is 1. The number of rotatable bonds is 4.